The molecule has 3 aliphatic heterocycles. The minimum Gasteiger partial charge on any atom is -0.508 e. The van der Waals surface area contributed by atoms with Gasteiger partial charge in [-0.2, -0.15) is 0 Å². The summed E-state index contributed by atoms with van der Waals surface area (Å²) in [6.07, 6.45) is 5.71. The monoisotopic (exact) mass is 553 g/mol. The standard InChI is InChI=1S/C31H39NO8/c1-6-20-8-9-24(34)26(13-17(2)3)38-30(37)18(4)7-10-27(36)32-23-15-21(33)14-22-28-19(5)25(35)16-31(39-28,12-11-20)40-29(22)23/h7-9,13-15,19-20,24,26,28,33-34H,6,10-12,16H2,1-5H3,(H,32,36)/b9-8+,18-7+/t19-,20+,24+,26+,28+,31+/m1/s1. The number of allylic oxidation sites excluding steroid dienone is 2. The molecule has 0 aliphatic carbocycles. The third-order valence-electron chi connectivity index (χ3n) is 7.71. The second-order valence-corrected chi connectivity index (χ2v) is 11.2. The van der Waals surface area contributed by atoms with E-state index in [9.17, 15) is 24.6 Å². The predicted octanol–water partition coefficient (Wildman–Crippen LogP) is 5.04. The van der Waals surface area contributed by atoms with Crippen molar-refractivity contribution in [1.29, 1.82) is 0 Å². The lowest BCUT2D eigenvalue weighted by atomic mass is 9.82. The minimum atomic E-state index is -1.22. The molecule has 1 amide bonds. The van der Waals surface area contributed by atoms with Crippen LogP contribution in [0.15, 0.2) is 47.6 Å². The van der Waals surface area contributed by atoms with E-state index in [1.54, 1.807) is 26.0 Å². The molecule has 1 spiro atoms. The van der Waals surface area contributed by atoms with Crippen molar-refractivity contribution in [2.24, 2.45) is 11.8 Å². The van der Waals surface area contributed by atoms with Crippen molar-refractivity contribution in [2.75, 3.05) is 5.32 Å². The summed E-state index contributed by atoms with van der Waals surface area (Å²) in [7, 11) is 0. The number of phenols is 1. The molecule has 9 heteroatoms. The largest absolute Gasteiger partial charge is 0.508 e. The third-order valence-corrected chi connectivity index (χ3v) is 7.71. The number of amides is 1. The van der Waals surface area contributed by atoms with Crippen molar-refractivity contribution in [2.45, 2.75) is 90.8 Å². The maximum absolute atomic E-state index is 13.1. The lowest BCUT2D eigenvalue weighted by molar-refractivity contribution is -0.261. The van der Waals surface area contributed by atoms with Crippen LogP contribution in [0.1, 0.15) is 78.4 Å². The van der Waals surface area contributed by atoms with Crippen molar-refractivity contribution in [3.63, 3.8) is 0 Å². The van der Waals surface area contributed by atoms with Crippen molar-refractivity contribution >= 4 is 23.3 Å². The molecule has 3 bridgehead atoms. The highest BCUT2D eigenvalue weighted by atomic mass is 16.7. The summed E-state index contributed by atoms with van der Waals surface area (Å²) in [5, 5.41) is 24.1. The summed E-state index contributed by atoms with van der Waals surface area (Å²) < 4.78 is 18.4. The molecule has 1 saturated heterocycles. The van der Waals surface area contributed by atoms with Gasteiger partial charge in [-0.05, 0) is 51.7 Å². The molecular formula is C31H39NO8. The molecule has 0 unspecified atom stereocenters. The number of Topliss-reactive ketones (excluding diaryl/α,β-unsaturated/α-hetero) is 1. The Morgan fingerprint density at radius 1 is 1.20 bits per heavy atom. The molecule has 1 aromatic rings. The van der Waals surface area contributed by atoms with Crippen molar-refractivity contribution < 1.29 is 38.8 Å². The van der Waals surface area contributed by atoms with Crippen LogP contribution in [-0.2, 0) is 23.9 Å². The Balaban J connectivity index is 1.76. The van der Waals surface area contributed by atoms with Crippen molar-refractivity contribution in [1.82, 2.24) is 0 Å². The van der Waals surface area contributed by atoms with Crippen LogP contribution in [0.2, 0.25) is 0 Å². The fourth-order valence-corrected chi connectivity index (χ4v) is 5.30. The van der Waals surface area contributed by atoms with Gasteiger partial charge in [0, 0.05) is 36.0 Å². The van der Waals surface area contributed by atoms with Gasteiger partial charge in [-0.25, -0.2) is 4.79 Å². The summed E-state index contributed by atoms with van der Waals surface area (Å²) >= 11 is 0. The van der Waals surface area contributed by atoms with Gasteiger partial charge < -0.3 is 29.7 Å². The number of cyclic esters (lactones) is 1. The number of nitrogens with one attached hydrogen (secondary N) is 1. The van der Waals surface area contributed by atoms with Crippen LogP contribution in [0, 0.1) is 11.8 Å². The quantitative estimate of drug-likeness (QED) is 0.343. The molecule has 0 radical (unpaired) electrons. The molecule has 3 aliphatic rings. The maximum Gasteiger partial charge on any atom is 0.334 e. The molecule has 4 rings (SSSR count). The number of hydrogen-bond acceptors (Lipinski definition) is 8. The molecule has 40 heavy (non-hydrogen) atoms. The van der Waals surface area contributed by atoms with E-state index in [4.69, 9.17) is 14.2 Å². The summed E-state index contributed by atoms with van der Waals surface area (Å²) in [5.41, 5.74) is 1.86. The Bertz CT molecular complexity index is 1260. The van der Waals surface area contributed by atoms with Gasteiger partial charge in [-0.1, -0.05) is 37.6 Å². The molecule has 0 aromatic heterocycles. The van der Waals surface area contributed by atoms with Crippen molar-refractivity contribution in [3.8, 4) is 11.5 Å². The van der Waals surface area contributed by atoms with Crippen LogP contribution in [0.25, 0.3) is 0 Å². The Morgan fingerprint density at radius 2 is 1.95 bits per heavy atom. The first kappa shape index (κ1) is 29.6. The van der Waals surface area contributed by atoms with Crippen LogP contribution in [0.3, 0.4) is 0 Å². The molecule has 216 valence electrons. The second kappa shape index (κ2) is 12.0. The van der Waals surface area contributed by atoms with Gasteiger partial charge in [-0.3, -0.25) is 9.59 Å². The average molecular weight is 554 g/mol. The first-order chi connectivity index (χ1) is 18.9. The fraction of sp³-hybridized carbons (Fsp3) is 0.516. The Morgan fingerprint density at radius 3 is 2.65 bits per heavy atom. The normalized spacial score (nSPS) is 33.2. The van der Waals surface area contributed by atoms with Gasteiger partial charge in [0.2, 0.25) is 11.7 Å². The number of hydrogen-bond donors (Lipinski definition) is 3. The van der Waals surface area contributed by atoms with Crippen LogP contribution in [0.4, 0.5) is 5.69 Å². The molecule has 3 N–H and O–H groups in total. The van der Waals surface area contributed by atoms with Gasteiger partial charge in [0.05, 0.1) is 12.1 Å². The van der Waals surface area contributed by atoms with Gasteiger partial charge in [0.15, 0.2) is 5.75 Å². The number of esters is 1. The van der Waals surface area contributed by atoms with Crippen LogP contribution < -0.4 is 10.1 Å². The van der Waals surface area contributed by atoms with Gasteiger partial charge >= 0.3 is 5.97 Å². The van der Waals surface area contributed by atoms with Crippen molar-refractivity contribution in [3.05, 3.63) is 53.1 Å². The number of ether oxygens (including phenoxy) is 3. The third kappa shape index (κ3) is 6.47. The Hall–Kier alpha value is -3.43. The molecule has 6 atom stereocenters. The van der Waals surface area contributed by atoms with Crippen LogP contribution >= 0.6 is 0 Å². The number of aliphatic hydroxyl groups is 1. The number of ketones is 1. The summed E-state index contributed by atoms with van der Waals surface area (Å²) in [5.74, 6) is -2.46. The molecule has 1 aromatic carbocycles. The average Bonchev–Trinajstić information content (AvgIpc) is 2.89. The highest BCUT2D eigenvalue weighted by Crippen LogP contribution is 2.53. The number of carbonyl (C=O) groups is 3. The van der Waals surface area contributed by atoms with E-state index in [1.807, 2.05) is 26.8 Å². The van der Waals surface area contributed by atoms with Gasteiger partial charge in [0.1, 0.15) is 29.8 Å². The Kier molecular flexibility index (Phi) is 8.85. The molecule has 1 fully saturated rings. The van der Waals surface area contributed by atoms with Gasteiger partial charge in [0.25, 0.3) is 0 Å². The molecule has 9 nitrogen and oxygen atoms in total. The van der Waals surface area contributed by atoms with E-state index in [0.717, 1.165) is 12.0 Å². The van der Waals surface area contributed by atoms with Crippen LogP contribution in [0.5, 0.6) is 11.5 Å². The Labute approximate surface area is 234 Å². The van der Waals surface area contributed by atoms with E-state index in [-0.39, 0.29) is 41.6 Å². The van der Waals surface area contributed by atoms with E-state index in [2.05, 4.69) is 5.32 Å². The first-order valence-electron chi connectivity index (χ1n) is 13.9. The second-order valence-electron chi connectivity index (χ2n) is 11.2. The highest BCUT2D eigenvalue weighted by Gasteiger charge is 2.52. The number of rotatable bonds is 2. The number of carbonyl (C=O) groups excluding carboxylic acids is 3. The summed E-state index contributed by atoms with van der Waals surface area (Å²) in [4.78, 5) is 38.8. The predicted molar refractivity (Wildman–Crippen MR) is 149 cm³/mol. The number of anilines is 1. The molecule has 0 saturated carbocycles. The number of phenolic OH excluding ortho intramolecular Hbond substituents is 1. The van der Waals surface area contributed by atoms with Gasteiger partial charge in [-0.15, -0.1) is 0 Å². The lowest BCUT2D eigenvalue weighted by Gasteiger charge is -2.48. The maximum atomic E-state index is 13.1. The first-order valence-corrected chi connectivity index (χ1v) is 13.9. The number of fused-ring (bicyclic) bond motifs is 2. The van der Waals surface area contributed by atoms with E-state index < -0.39 is 41.9 Å². The number of benzene rings is 1. The van der Waals surface area contributed by atoms with E-state index in [0.29, 0.717) is 24.2 Å². The zero-order valence-corrected chi connectivity index (χ0v) is 23.7. The lowest BCUT2D eigenvalue weighted by Crippen LogP contribution is -2.52. The smallest absolute Gasteiger partial charge is 0.334 e. The summed E-state index contributed by atoms with van der Waals surface area (Å²) in [6.45, 7) is 9.06. The van der Waals surface area contributed by atoms with E-state index >= 15 is 0 Å². The topological polar surface area (TPSA) is 131 Å². The highest BCUT2D eigenvalue weighted by molar-refractivity contribution is 5.96. The fourth-order valence-electron chi connectivity index (χ4n) is 5.30. The van der Waals surface area contributed by atoms with Crippen LogP contribution in [-0.4, -0.2) is 45.9 Å². The molecular weight excluding hydrogens is 514 g/mol. The summed E-state index contributed by atoms with van der Waals surface area (Å²) in [6, 6.07) is 2.91. The van der Waals surface area contributed by atoms with E-state index in [1.165, 1.54) is 18.2 Å². The molecule has 3 heterocycles. The number of aromatic hydroxyl groups is 1. The minimum absolute atomic E-state index is 0.00368. The zero-order valence-electron chi connectivity index (χ0n) is 23.7. The SMILES string of the molecule is CC[C@H]1/C=C/[C@H](O)[C@H](C=C(C)C)OC(=O)/C(C)=C/CC(=O)Nc2cc(O)cc3c2O[C@@]2(CC1)CC(=O)[C@@H](C)[C@@H]3O2. The number of aliphatic hydroxyl groups excluding tert-OH is 1. The zero-order chi connectivity index (χ0) is 29.2.